The van der Waals surface area contributed by atoms with Gasteiger partial charge in [0.15, 0.2) is 13.2 Å². The van der Waals surface area contributed by atoms with Crippen molar-refractivity contribution in [1.29, 1.82) is 0 Å². The van der Waals surface area contributed by atoms with Crippen LogP contribution in [-0.2, 0) is 24.0 Å². The van der Waals surface area contributed by atoms with Crippen molar-refractivity contribution in [1.82, 2.24) is 0 Å². The maximum Gasteiger partial charge on any atom is 0.540 e. The molecule has 1 aliphatic rings. The number of nitrogens with zero attached hydrogens (tertiary/aromatic N) is 1. The second kappa shape index (κ2) is 6.51. The van der Waals surface area contributed by atoms with Crippen LogP contribution in [-0.4, -0.2) is 48.4 Å². The van der Waals surface area contributed by atoms with Crippen molar-refractivity contribution in [3.63, 3.8) is 0 Å². The van der Waals surface area contributed by atoms with Crippen molar-refractivity contribution < 1.29 is 33.4 Å². The zero-order chi connectivity index (χ0) is 15.3. The van der Waals surface area contributed by atoms with Crippen LogP contribution < -0.4 is 0 Å². The third-order valence-corrected chi connectivity index (χ3v) is 2.28. The Morgan fingerprint density at radius 2 is 2.00 bits per heavy atom. The van der Waals surface area contributed by atoms with Gasteiger partial charge in [0.25, 0.3) is 0 Å². The van der Waals surface area contributed by atoms with E-state index >= 15 is 0 Å². The first-order valence-electron chi connectivity index (χ1n) is 6.18. The molecule has 112 valence electrons. The Hall–Kier alpha value is -1.89. The topological polar surface area (TPSA) is 74.1 Å². The standard InChI is InChI=1S/C13H20NO6/c1-9-8-10(15)14(11(9)17-5)6-7-18-12(16)19-20-13(2,3)4/h8H,6-7H2,1-5H3/q+1. The minimum atomic E-state index is -0.949. The molecule has 0 fully saturated rings. The molecule has 0 radical (unpaired) electrons. The Morgan fingerprint density at radius 1 is 1.35 bits per heavy atom. The number of ether oxygens (including phenoxy) is 2. The molecule has 0 bridgehead atoms. The lowest BCUT2D eigenvalue weighted by Crippen LogP contribution is -2.28. The lowest BCUT2D eigenvalue weighted by Gasteiger charge is -2.15. The molecular weight excluding hydrogens is 266 g/mol. The van der Waals surface area contributed by atoms with E-state index in [4.69, 9.17) is 14.4 Å². The molecule has 0 atom stereocenters. The molecule has 0 unspecified atom stereocenters. The second-order valence-corrected chi connectivity index (χ2v) is 5.20. The fourth-order valence-corrected chi connectivity index (χ4v) is 1.52. The molecule has 0 aromatic carbocycles. The molecule has 1 amide bonds. The van der Waals surface area contributed by atoms with Crippen LogP contribution in [0.15, 0.2) is 11.6 Å². The number of methoxy groups -OCH3 is 1. The summed E-state index contributed by atoms with van der Waals surface area (Å²) in [6.45, 7) is 7.13. The number of carbonyl (C=O) groups excluding carboxylic acids is 2. The second-order valence-electron chi connectivity index (χ2n) is 5.20. The molecule has 0 aromatic rings. The maximum atomic E-state index is 11.6. The summed E-state index contributed by atoms with van der Waals surface area (Å²) in [6.07, 6.45) is 0.509. The van der Waals surface area contributed by atoms with Gasteiger partial charge >= 0.3 is 18.0 Å². The van der Waals surface area contributed by atoms with Gasteiger partial charge in [-0.2, -0.15) is 4.89 Å². The molecule has 0 saturated heterocycles. The number of hydrogen-bond acceptors (Lipinski definition) is 6. The van der Waals surface area contributed by atoms with Crippen LogP contribution in [0.3, 0.4) is 0 Å². The van der Waals surface area contributed by atoms with Crippen LogP contribution in [0.25, 0.3) is 0 Å². The van der Waals surface area contributed by atoms with Gasteiger partial charge in [0.2, 0.25) is 0 Å². The SMILES string of the molecule is COC1=[N+](CCOC(=O)OOC(C)(C)C)C(=O)C=C1C. The molecule has 0 N–H and O–H groups in total. The van der Waals surface area contributed by atoms with Crippen LogP contribution >= 0.6 is 0 Å². The molecule has 7 heteroatoms. The van der Waals surface area contributed by atoms with Crippen LogP contribution in [0, 0.1) is 0 Å². The molecule has 0 aromatic heterocycles. The lowest BCUT2D eigenvalue weighted by molar-refractivity contribution is -0.452. The summed E-state index contributed by atoms with van der Waals surface area (Å²) >= 11 is 0. The van der Waals surface area contributed by atoms with E-state index < -0.39 is 11.8 Å². The highest BCUT2D eigenvalue weighted by Gasteiger charge is 2.32. The van der Waals surface area contributed by atoms with Gasteiger partial charge in [-0.1, -0.05) is 0 Å². The first kappa shape index (κ1) is 16.2. The summed E-state index contributed by atoms with van der Waals surface area (Å²) in [5.74, 6) is 0.250. The van der Waals surface area contributed by atoms with E-state index in [1.165, 1.54) is 17.8 Å². The van der Waals surface area contributed by atoms with E-state index in [-0.39, 0.29) is 19.1 Å². The summed E-state index contributed by atoms with van der Waals surface area (Å²) in [5.41, 5.74) is 0.123. The molecule has 7 nitrogen and oxygen atoms in total. The van der Waals surface area contributed by atoms with Crippen molar-refractivity contribution in [2.24, 2.45) is 0 Å². The highest BCUT2D eigenvalue weighted by molar-refractivity contribution is 6.03. The smallest absolute Gasteiger partial charge is 0.447 e. The fourth-order valence-electron chi connectivity index (χ4n) is 1.52. The largest absolute Gasteiger partial charge is 0.540 e. The third-order valence-electron chi connectivity index (χ3n) is 2.28. The lowest BCUT2D eigenvalue weighted by atomic mass is 10.2. The Labute approximate surface area is 117 Å². The van der Waals surface area contributed by atoms with Crippen LogP contribution in [0.4, 0.5) is 4.79 Å². The zero-order valence-corrected chi connectivity index (χ0v) is 12.4. The molecule has 1 aliphatic heterocycles. The van der Waals surface area contributed by atoms with Crippen molar-refractivity contribution in [2.45, 2.75) is 33.3 Å². The van der Waals surface area contributed by atoms with Crippen molar-refractivity contribution in [3.05, 3.63) is 11.6 Å². The molecule has 1 rings (SSSR count). The summed E-state index contributed by atoms with van der Waals surface area (Å²) in [7, 11) is 1.48. The predicted octanol–water partition coefficient (Wildman–Crippen LogP) is 1.41. The number of hydrogen-bond donors (Lipinski definition) is 0. The minimum absolute atomic E-state index is 0.0218. The van der Waals surface area contributed by atoms with E-state index in [2.05, 4.69) is 4.89 Å². The van der Waals surface area contributed by atoms with Crippen LogP contribution in [0.5, 0.6) is 0 Å². The first-order valence-corrected chi connectivity index (χ1v) is 6.18. The Kier molecular flexibility index (Phi) is 5.26. The fraction of sp³-hybridized carbons (Fsp3) is 0.615. The molecular formula is C13H20NO6+. The van der Waals surface area contributed by atoms with Gasteiger partial charge in [0.05, 0.1) is 18.8 Å². The van der Waals surface area contributed by atoms with E-state index in [1.807, 2.05) is 0 Å². The van der Waals surface area contributed by atoms with Crippen molar-refractivity contribution >= 4 is 18.0 Å². The van der Waals surface area contributed by atoms with Crippen molar-refractivity contribution in [3.8, 4) is 0 Å². The number of rotatable bonds is 4. The molecule has 1 heterocycles. The predicted molar refractivity (Wildman–Crippen MR) is 69.2 cm³/mol. The maximum absolute atomic E-state index is 11.6. The normalized spacial score (nSPS) is 15.2. The van der Waals surface area contributed by atoms with E-state index in [0.29, 0.717) is 5.90 Å². The quantitative estimate of drug-likeness (QED) is 0.337. The Bertz CT molecular complexity index is 458. The monoisotopic (exact) mass is 286 g/mol. The summed E-state index contributed by atoms with van der Waals surface area (Å²) in [5, 5.41) is 0. The minimum Gasteiger partial charge on any atom is -0.447 e. The zero-order valence-electron chi connectivity index (χ0n) is 12.4. The average Bonchev–Trinajstić information content (AvgIpc) is 2.60. The first-order chi connectivity index (χ1) is 9.24. The van der Waals surface area contributed by atoms with Gasteiger partial charge in [-0.25, -0.2) is 9.59 Å². The highest BCUT2D eigenvalue weighted by Crippen LogP contribution is 2.09. The van der Waals surface area contributed by atoms with Gasteiger partial charge in [-0.05, 0) is 27.7 Å². The van der Waals surface area contributed by atoms with E-state index in [1.54, 1.807) is 27.7 Å². The molecule has 20 heavy (non-hydrogen) atoms. The molecule has 0 saturated carbocycles. The summed E-state index contributed by atoms with van der Waals surface area (Å²) in [6, 6.07) is 0. The number of carbonyl (C=O) groups is 2. The summed E-state index contributed by atoms with van der Waals surface area (Å²) < 4.78 is 11.3. The third kappa shape index (κ3) is 4.65. The van der Waals surface area contributed by atoms with Gasteiger partial charge < -0.3 is 9.47 Å². The van der Waals surface area contributed by atoms with Gasteiger partial charge in [0, 0.05) is 0 Å². The van der Waals surface area contributed by atoms with Gasteiger partial charge in [0.1, 0.15) is 5.60 Å². The number of amides is 1. The van der Waals surface area contributed by atoms with Crippen LogP contribution in [0.2, 0.25) is 0 Å². The highest BCUT2D eigenvalue weighted by atomic mass is 17.2. The Balaban J connectivity index is 2.40. The van der Waals surface area contributed by atoms with Crippen molar-refractivity contribution in [2.75, 3.05) is 20.3 Å². The van der Waals surface area contributed by atoms with E-state index in [9.17, 15) is 9.59 Å². The Morgan fingerprint density at radius 3 is 2.55 bits per heavy atom. The summed E-state index contributed by atoms with van der Waals surface area (Å²) in [4.78, 5) is 32.1. The molecule has 0 spiro atoms. The van der Waals surface area contributed by atoms with Crippen LogP contribution in [0.1, 0.15) is 27.7 Å². The van der Waals surface area contributed by atoms with E-state index in [0.717, 1.165) is 5.57 Å². The van der Waals surface area contributed by atoms with Gasteiger partial charge in [-0.3, -0.25) is 4.89 Å². The molecule has 0 aliphatic carbocycles. The average molecular weight is 286 g/mol. The van der Waals surface area contributed by atoms with Gasteiger partial charge in [-0.15, -0.1) is 4.58 Å².